The van der Waals surface area contributed by atoms with E-state index in [2.05, 4.69) is 39.8 Å². The first-order valence-electron chi connectivity index (χ1n) is 14.3. The standard InChI is InChI=1S/C32H40N4O5/c1-4-40-31(38)28-27(30(37)33-16-17-35(2)3)26-14-15-32(28,41-26)29(34-25-8-6-5-7-9-25)24-12-10-23(11-13-24)22-36-18-20-39-21-19-36/h5-15,26,29,34H,4,16-22H2,1-3H3,(H,33,37). The molecule has 9 heteroatoms. The smallest absolute Gasteiger partial charge is 0.337 e. The fraction of sp³-hybridized carbons (Fsp3) is 0.438. The Balaban J connectivity index is 1.51. The Morgan fingerprint density at radius 3 is 2.51 bits per heavy atom. The van der Waals surface area contributed by atoms with Crippen LogP contribution in [0.15, 0.2) is 77.9 Å². The van der Waals surface area contributed by atoms with Crippen LogP contribution >= 0.6 is 0 Å². The average Bonchev–Trinajstić information content (AvgIpc) is 3.56. The fourth-order valence-corrected chi connectivity index (χ4v) is 5.65. The molecule has 9 nitrogen and oxygen atoms in total. The molecule has 41 heavy (non-hydrogen) atoms. The lowest BCUT2D eigenvalue weighted by Crippen LogP contribution is -2.43. The van der Waals surface area contributed by atoms with E-state index in [9.17, 15) is 9.59 Å². The molecule has 0 radical (unpaired) electrons. The van der Waals surface area contributed by atoms with Crippen molar-refractivity contribution >= 4 is 17.6 Å². The molecule has 3 heterocycles. The number of anilines is 1. The minimum absolute atomic E-state index is 0.190. The quantitative estimate of drug-likeness (QED) is 0.303. The highest BCUT2D eigenvalue weighted by atomic mass is 16.5. The molecule has 3 aliphatic heterocycles. The zero-order chi connectivity index (χ0) is 28.8. The van der Waals surface area contributed by atoms with Crippen molar-refractivity contribution in [2.45, 2.75) is 31.2 Å². The van der Waals surface area contributed by atoms with Crippen molar-refractivity contribution in [3.05, 3.63) is 89.0 Å². The zero-order valence-corrected chi connectivity index (χ0v) is 24.1. The van der Waals surface area contributed by atoms with Gasteiger partial charge in [-0.25, -0.2) is 4.79 Å². The lowest BCUT2D eigenvalue weighted by Gasteiger charge is -2.36. The van der Waals surface area contributed by atoms with Gasteiger partial charge in [0.1, 0.15) is 11.7 Å². The van der Waals surface area contributed by atoms with Gasteiger partial charge >= 0.3 is 5.97 Å². The van der Waals surface area contributed by atoms with E-state index in [1.165, 1.54) is 5.56 Å². The van der Waals surface area contributed by atoms with E-state index in [0.29, 0.717) is 18.7 Å². The summed E-state index contributed by atoms with van der Waals surface area (Å²) in [4.78, 5) is 31.4. The van der Waals surface area contributed by atoms with Gasteiger partial charge < -0.3 is 29.7 Å². The van der Waals surface area contributed by atoms with Crippen LogP contribution in [0, 0.1) is 0 Å². The second kappa shape index (κ2) is 13.0. The highest BCUT2D eigenvalue weighted by molar-refractivity contribution is 6.07. The van der Waals surface area contributed by atoms with Crippen molar-refractivity contribution in [2.75, 3.05) is 65.4 Å². The maximum Gasteiger partial charge on any atom is 0.337 e. The summed E-state index contributed by atoms with van der Waals surface area (Å²) in [5.41, 5.74) is 2.33. The third-order valence-electron chi connectivity index (χ3n) is 7.69. The van der Waals surface area contributed by atoms with Gasteiger partial charge in [-0.2, -0.15) is 0 Å². The number of hydrogen-bond acceptors (Lipinski definition) is 8. The fourth-order valence-electron chi connectivity index (χ4n) is 5.65. The zero-order valence-electron chi connectivity index (χ0n) is 24.1. The summed E-state index contributed by atoms with van der Waals surface area (Å²) in [6.45, 7) is 7.25. The minimum atomic E-state index is -1.23. The van der Waals surface area contributed by atoms with E-state index >= 15 is 0 Å². The molecular formula is C32H40N4O5. The maximum atomic E-state index is 13.6. The third-order valence-corrected chi connectivity index (χ3v) is 7.69. The maximum absolute atomic E-state index is 13.6. The number of carbonyl (C=O) groups is 2. The molecule has 1 fully saturated rings. The summed E-state index contributed by atoms with van der Waals surface area (Å²) in [7, 11) is 3.89. The lowest BCUT2D eigenvalue weighted by molar-refractivity contribution is -0.140. The van der Waals surface area contributed by atoms with Crippen LogP contribution in [0.25, 0.3) is 0 Å². The highest BCUT2D eigenvalue weighted by Gasteiger charge is 2.58. The monoisotopic (exact) mass is 560 g/mol. The van der Waals surface area contributed by atoms with Crippen molar-refractivity contribution in [2.24, 2.45) is 0 Å². The second-order valence-corrected chi connectivity index (χ2v) is 10.8. The molecule has 0 aliphatic carbocycles. The van der Waals surface area contributed by atoms with E-state index in [4.69, 9.17) is 14.2 Å². The van der Waals surface area contributed by atoms with Crippen LogP contribution in [-0.2, 0) is 30.3 Å². The number of nitrogens with one attached hydrogen (secondary N) is 2. The number of carbonyl (C=O) groups excluding carboxylic acids is 2. The number of esters is 1. The molecule has 3 atom stereocenters. The van der Waals surface area contributed by atoms with Crippen molar-refractivity contribution < 1.29 is 23.8 Å². The number of rotatable bonds is 12. The largest absolute Gasteiger partial charge is 0.463 e. The second-order valence-electron chi connectivity index (χ2n) is 10.8. The molecule has 1 amide bonds. The number of fused-ring (bicyclic) bond motifs is 2. The summed E-state index contributed by atoms with van der Waals surface area (Å²) in [5.74, 6) is -0.855. The Kier molecular flexibility index (Phi) is 9.19. The molecule has 218 valence electrons. The molecule has 3 aliphatic rings. The predicted octanol–water partition coefficient (Wildman–Crippen LogP) is 2.92. The van der Waals surface area contributed by atoms with Crippen LogP contribution in [0.5, 0.6) is 0 Å². The Hall–Kier alpha value is -3.50. The van der Waals surface area contributed by atoms with Crippen molar-refractivity contribution in [1.29, 1.82) is 0 Å². The molecule has 0 aromatic heterocycles. The molecule has 2 N–H and O–H groups in total. The van der Waals surface area contributed by atoms with Gasteiger partial charge in [0.15, 0.2) is 0 Å². The van der Waals surface area contributed by atoms with Crippen LogP contribution < -0.4 is 10.6 Å². The van der Waals surface area contributed by atoms with Gasteiger partial charge in [-0.15, -0.1) is 0 Å². The number of ether oxygens (including phenoxy) is 3. The summed E-state index contributed by atoms with van der Waals surface area (Å²) in [6, 6.07) is 17.7. The Labute approximate surface area is 242 Å². The normalized spacial score (nSPS) is 22.7. The van der Waals surface area contributed by atoms with Gasteiger partial charge in [-0.1, -0.05) is 48.5 Å². The van der Waals surface area contributed by atoms with Crippen LogP contribution in [0.2, 0.25) is 0 Å². The number of hydrogen-bond donors (Lipinski definition) is 2. The molecule has 1 saturated heterocycles. The van der Waals surface area contributed by atoms with Gasteiger partial charge in [0, 0.05) is 38.4 Å². The van der Waals surface area contributed by atoms with Crippen LogP contribution in [0.1, 0.15) is 24.1 Å². The van der Waals surface area contributed by atoms with Crippen molar-refractivity contribution in [3.63, 3.8) is 0 Å². The van der Waals surface area contributed by atoms with E-state index in [1.54, 1.807) is 6.92 Å². The van der Waals surface area contributed by atoms with Crippen molar-refractivity contribution in [1.82, 2.24) is 15.1 Å². The molecule has 2 bridgehead atoms. The van der Waals surface area contributed by atoms with Gasteiger partial charge in [-0.3, -0.25) is 9.69 Å². The first-order valence-corrected chi connectivity index (χ1v) is 14.3. The van der Waals surface area contributed by atoms with Gasteiger partial charge in [0.25, 0.3) is 5.91 Å². The first-order chi connectivity index (χ1) is 19.9. The number of amides is 1. The molecule has 3 unspecified atom stereocenters. The Morgan fingerprint density at radius 1 is 1.10 bits per heavy atom. The average molecular weight is 561 g/mol. The van der Waals surface area contributed by atoms with E-state index in [-0.39, 0.29) is 18.1 Å². The van der Waals surface area contributed by atoms with Gasteiger partial charge in [0.2, 0.25) is 0 Å². The Bertz CT molecular complexity index is 1270. The summed E-state index contributed by atoms with van der Waals surface area (Å²) in [5, 5.41) is 6.58. The molecular weight excluding hydrogens is 520 g/mol. The minimum Gasteiger partial charge on any atom is -0.463 e. The number of likely N-dealkylation sites (N-methyl/N-ethyl adjacent to an activating group) is 1. The molecule has 0 saturated carbocycles. The molecule has 2 aromatic carbocycles. The summed E-state index contributed by atoms with van der Waals surface area (Å²) < 4.78 is 17.6. The molecule has 2 aromatic rings. The SMILES string of the molecule is CCOC(=O)C1=C(C(=O)NCCN(C)C)C2C=CC1(C(Nc1ccccc1)c1ccc(CN3CCOCC3)cc1)O2. The summed E-state index contributed by atoms with van der Waals surface area (Å²) >= 11 is 0. The lowest BCUT2D eigenvalue weighted by atomic mass is 9.78. The highest BCUT2D eigenvalue weighted by Crippen LogP contribution is 2.51. The Morgan fingerprint density at radius 2 is 1.83 bits per heavy atom. The number of morpholine rings is 1. The topological polar surface area (TPSA) is 92.4 Å². The number of para-hydroxylation sites is 1. The van der Waals surface area contributed by atoms with E-state index in [0.717, 1.165) is 44.1 Å². The summed E-state index contributed by atoms with van der Waals surface area (Å²) in [6.07, 6.45) is 3.13. The van der Waals surface area contributed by atoms with Gasteiger partial charge in [0.05, 0.1) is 37.0 Å². The molecule has 0 spiro atoms. The number of nitrogens with zero attached hydrogens (tertiary/aromatic N) is 2. The van der Waals surface area contributed by atoms with Gasteiger partial charge in [-0.05, 0) is 50.4 Å². The van der Waals surface area contributed by atoms with Crippen LogP contribution in [-0.4, -0.2) is 93.5 Å². The molecule has 5 rings (SSSR count). The van der Waals surface area contributed by atoms with Crippen LogP contribution in [0.3, 0.4) is 0 Å². The van der Waals surface area contributed by atoms with Crippen LogP contribution in [0.4, 0.5) is 5.69 Å². The van der Waals surface area contributed by atoms with E-state index < -0.39 is 23.7 Å². The third kappa shape index (κ3) is 6.38. The van der Waals surface area contributed by atoms with Crippen molar-refractivity contribution in [3.8, 4) is 0 Å². The number of benzene rings is 2. The predicted molar refractivity (Wildman–Crippen MR) is 157 cm³/mol. The van der Waals surface area contributed by atoms with E-state index in [1.807, 2.05) is 61.5 Å². The first kappa shape index (κ1) is 29.0.